The summed E-state index contributed by atoms with van der Waals surface area (Å²) in [7, 11) is 0. The third-order valence-corrected chi connectivity index (χ3v) is 3.85. The topological polar surface area (TPSA) is 104 Å². The summed E-state index contributed by atoms with van der Waals surface area (Å²) in [6.45, 7) is 0.604. The first kappa shape index (κ1) is 18.2. The average Bonchev–Trinajstić information content (AvgIpc) is 2.70. The van der Waals surface area contributed by atoms with E-state index in [0.29, 0.717) is 23.4 Å². The van der Waals surface area contributed by atoms with E-state index in [0.717, 1.165) is 5.56 Å². The monoisotopic (exact) mass is 365 g/mol. The molecule has 1 heterocycles. The van der Waals surface area contributed by atoms with E-state index >= 15 is 0 Å². The molecule has 0 atom stereocenters. The Morgan fingerprint density at radius 2 is 1.74 bits per heavy atom. The van der Waals surface area contributed by atoms with Crippen molar-refractivity contribution in [3.05, 3.63) is 83.7 Å². The molecule has 7 nitrogen and oxygen atoms in total. The summed E-state index contributed by atoms with van der Waals surface area (Å²) >= 11 is 0. The Hall–Kier alpha value is -3.58. The fraction of sp³-hybridized carbons (Fsp3) is 0.100. The minimum absolute atomic E-state index is 0.0478. The van der Waals surface area contributed by atoms with Gasteiger partial charge in [0.05, 0.1) is 12.2 Å². The van der Waals surface area contributed by atoms with Crippen LogP contribution in [0.15, 0.2) is 67.0 Å². The van der Waals surface area contributed by atoms with Crippen LogP contribution in [0.25, 0.3) is 0 Å². The molecule has 4 N–H and O–H groups in total. The summed E-state index contributed by atoms with van der Waals surface area (Å²) in [4.78, 5) is 21.6. The minimum Gasteiger partial charge on any atom is -0.504 e. The van der Waals surface area contributed by atoms with Gasteiger partial charge < -0.3 is 15.5 Å². The van der Waals surface area contributed by atoms with Gasteiger partial charge in [0, 0.05) is 24.6 Å². The highest BCUT2D eigenvalue weighted by molar-refractivity contribution is 5.98. The van der Waals surface area contributed by atoms with Crippen LogP contribution in [0.5, 0.6) is 11.5 Å². The van der Waals surface area contributed by atoms with Gasteiger partial charge in [-0.3, -0.25) is 14.6 Å². The van der Waals surface area contributed by atoms with E-state index in [-0.39, 0.29) is 18.1 Å². The molecular formula is C20H19N3O4. The van der Waals surface area contributed by atoms with Crippen molar-refractivity contribution in [2.75, 3.05) is 5.32 Å². The standard InChI is InChI=1S/C20H19N3O4/c24-18-6-5-15(11-19(18)25)13-27-23-20(26)16-3-1-2-4-17(16)22-12-14-7-9-21-10-8-14/h1-11,22,24-25H,12-13H2,(H,23,26). The zero-order chi connectivity index (χ0) is 19.1. The summed E-state index contributed by atoms with van der Waals surface area (Å²) in [5, 5.41) is 22.0. The van der Waals surface area contributed by atoms with Crippen LogP contribution in [-0.2, 0) is 18.0 Å². The quantitative estimate of drug-likeness (QED) is 0.379. The number of hydroxylamine groups is 1. The highest BCUT2D eigenvalue weighted by atomic mass is 16.6. The third kappa shape index (κ3) is 4.96. The SMILES string of the molecule is O=C(NOCc1ccc(O)c(O)c1)c1ccccc1NCc1ccncc1. The number of aromatic nitrogens is 1. The van der Waals surface area contributed by atoms with Gasteiger partial charge >= 0.3 is 0 Å². The summed E-state index contributed by atoms with van der Waals surface area (Å²) in [6.07, 6.45) is 3.43. The number of anilines is 1. The number of carbonyl (C=O) groups excluding carboxylic acids is 1. The molecule has 0 saturated carbocycles. The number of hydrogen-bond acceptors (Lipinski definition) is 6. The molecule has 3 rings (SSSR count). The molecule has 2 aromatic carbocycles. The molecular weight excluding hydrogens is 346 g/mol. The molecule has 0 saturated heterocycles. The zero-order valence-electron chi connectivity index (χ0n) is 14.4. The first-order valence-corrected chi connectivity index (χ1v) is 8.28. The number of pyridine rings is 1. The maximum atomic E-state index is 12.4. The molecule has 0 unspecified atom stereocenters. The lowest BCUT2D eigenvalue weighted by Gasteiger charge is -2.12. The smallest absolute Gasteiger partial charge is 0.276 e. The van der Waals surface area contributed by atoms with Crippen LogP contribution in [0.3, 0.4) is 0 Å². The number of carbonyl (C=O) groups is 1. The Labute approximate surface area is 156 Å². The number of hydrogen-bond donors (Lipinski definition) is 4. The number of amides is 1. The molecule has 0 spiro atoms. The van der Waals surface area contributed by atoms with Gasteiger partial charge in [-0.05, 0) is 47.5 Å². The van der Waals surface area contributed by atoms with E-state index in [1.807, 2.05) is 24.3 Å². The predicted molar refractivity (Wildman–Crippen MR) is 100 cm³/mol. The first-order chi connectivity index (χ1) is 13.1. The maximum absolute atomic E-state index is 12.4. The van der Waals surface area contributed by atoms with Gasteiger partial charge in [0.1, 0.15) is 0 Å². The molecule has 1 aromatic heterocycles. The van der Waals surface area contributed by atoms with Crippen molar-refractivity contribution in [1.82, 2.24) is 10.5 Å². The van der Waals surface area contributed by atoms with Crippen LogP contribution < -0.4 is 10.8 Å². The number of rotatable bonds is 7. The molecule has 0 radical (unpaired) electrons. The first-order valence-electron chi connectivity index (χ1n) is 8.28. The van der Waals surface area contributed by atoms with E-state index in [1.54, 1.807) is 30.6 Å². The molecule has 0 aliphatic rings. The summed E-state index contributed by atoms with van der Waals surface area (Å²) in [5.41, 5.74) is 5.16. The number of benzene rings is 2. The van der Waals surface area contributed by atoms with Gasteiger partial charge in [-0.15, -0.1) is 0 Å². The lowest BCUT2D eigenvalue weighted by atomic mass is 10.1. The van der Waals surface area contributed by atoms with Crippen LogP contribution >= 0.6 is 0 Å². The summed E-state index contributed by atoms with van der Waals surface area (Å²) < 4.78 is 0. The Kier molecular flexibility index (Phi) is 5.86. The van der Waals surface area contributed by atoms with Crippen molar-refractivity contribution in [3.8, 4) is 11.5 Å². The van der Waals surface area contributed by atoms with Crippen molar-refractivity contribution in [2.24, 2.45) is 0 Å². The minimum atomic E-state index is -0.393. The Morgan fingerprint density at radius 1 is 0.963 bits per heavy atom. The lowest BCUT2D eigenvalue weighted by molar-refractivity contribution is 0.0233. The molecule has 0 fully saturated rings. The molecule has 3 aromatic rings. The van der Waals surface area contributed by atoms with E-state index in [1.165, 1.54) is 12.1 Å². The van der Waals surface area contributed by atoms with Crippen molar-refractivity contribution in [2.45, 2.75) is 13.2 Å². The maximum Gasteiger partial charge on any atom is 0.276 e. The van der Waals surface area contributed by atoms with E-state index < -0.39 is 5.91 Å². The molecule has 27 heavy (non-hydrogen) atoms. The zero-order valence-corrected chi connectivity index (χ0v) is 14.4. The van der Waals surface area contributed by atoms with Crippen LogP contribution in [0.4, 0.5) is 5.69 Å². The molecule has 0 bridgehead atoms. The summed E-state index contributed by atoms with van der Waals surface area (Å²) in [6, 6.07) is 15.2. The fourth-order valence-electron chi connectivity index (χ4n) is 2.43. The third-order valence-electron chi connectivity index (χ3n) is 3.85. The Bertz CT molecular complexity index is 916. The molecule has 1 amide bonds. The average molecular weight is 365 g/mol. The number of phenols is 2. The molecule has 138 valence electrons. The van der Waals surface area contributed by atoms with Gasteiger partial charge in [-0.1, -0.05) is 18.2 Å². The van der Waals surface area contributed by atoms with Crippen LogP contribution in [-0.4, -0.2) is 21.1 Å². The highest BCUT2D eigenvalue weighted by Crippen LogP contribution is 2.25. The number of nitrogens with zero attached hydrogens (tertiary/aromatic N) is 1. The van der Waals surface area contributed by atoms with Gasteiger partial charge in [0.15, 0.2) is 11.5 Å². The number of para-hydroxylation sites is 1. The van der Waals surface area contributed by atoms with Crippen LogP contribution in [0.2, 0.25) is 0 Å². The van der Waals surface area contributed by atoms with Crippen molar-refractivity contribution >= 4 is 11.6 Å². The van der Waals surface area contributed by atoms with Crippen molar-refractivity contribution in [3.63, 3.8) is 0 Å². The molecule has 0 aliphatic carbocycles. The van der Waals surface area contributed by atoms with Crippen LogP contribution in [0.1, 0.15) is 21.5 Å². The van der Waals surface area contributed by atoms with Crippen LogP contribution in [0, 0.1) is 0 Å². The largest absolute Gasteiger partial charge is 0.504 e. The summed E-state index contributed by atoms with van der Waals surface area (Å²) in [5.74, 6) is -0.846. The number of nitrogens with one attached hydrogen (secondary N) is 2. The number of phenolic OH excluding ortho intramolecular Hbond substituents is 2. The van der Waals surface area contributed by atoms with E-state index in [4.69, 9.17) is 4.84 Å². The fourth-order valence-corrected chi connectivity index (χ4v) is 2.43. The molecule has 0 aliphatic heterocycles. The Balaban J connectivity index is 1.58. The van der Waals surface area contributed by atoms with Crippen molar-refractivity contribution in [1.29, 1.82) is 0 Å². The lowest BCUT2D eigenvalue weighted by Crippen LogP contribution is -2.24. The van der Waals surface area contributed by atoms with E-state index in [2.05, 4.69) is 15.8 Å². The van der Waals surface area contributed by atoms with E-state index in [9.17, 15) is 15.0 Å². The predicted octanol–water partition coefficient (Wildman–Crippen LogP) is 2.97. The van der Waals surface area contributed by atoms with Crippen molar-refractivity contribution < 1.29 is 19.8 Å². The van der Waals surface area contributed by atoms with Gasteiger partial charge in [-0.25, -0.2) is 5.48 Å². The van der Waals surface area contributed by atoms with Gasteiger partial charge in [0.2, 0.25) is 0 Å². The van der Waals surface area contributed by atoms with Gasteiger partial charge in [0.25, 0.3) is 5.91 Å². The Morgan fingerprint density at radius 3 is 2.52 bits per heavy atom. The number of aromatic hydroxyl groups is 2. The molecule has 7 heteroatoms. The second-order valence-electron chi connectivity index (χ2n) is 5.80. The van der Waals surface area contributed by atoms with Gasteiger partial charge in [-0.2, -0.15) is 0 Å². The second kappa shape index (κ2) is 8.68. The second-order valence-corrected chi connectivity index (χ2v) is 5.80. The normalized spacial score (nSPS) is 10.4. The highest BCUT2D eigenvalue weighted by Gasteiger charge is 2.11.